The standard InChI is InChI=1S/C11H12F3N5S/c12-11(13,14)9-4-2-1-3-8(9)7-20-10-16-17-18-19(10)6-5-15/h1-4H,5-7,15H2. The average Bonchev–Trinajstić information content (AvgIpc) is 2.83. The zero-order chi connectivity index (χ0) is 14.6. The molecule has 1 aromatic heterocycles. The molecule has 0 unspecified atom stereocenters. The molecule has 0 amide bonds. The van der Waals surface area contributed by atoms with Crippen molar-refractivity contribution in [1.29, 1.82) is 0 Å². The lowest BCUT2D eigenvalue weighted by Crippen LogP contribution is -2.12. The second-order valence-corrected chi connectivity index (χ2v) is 4.86. The third kappa shape index (κ3) is 3.48. The van der Waals surface area contributed by atoms with Gasteiger partial charge in [-0.2, -0.15) is 13.2 Å². The SMILES string of the molecule is NCCn1nnnc1SCc1ccccc1C(F)(F)F. The van der Waals surface area contributed by atoms with Crippen molar-refractivity contribution < 1.29 is 13.2 Å². The molecule has 0 aliphatic heterocycles. The zero-order valence-corrected chi connectivity index (χ0v) is 11.2. The predicted molar refractivity (Wildman–Crippen MR) is 67.9 cm³/mol. The van der Waals surface area contributed by atoms with Gasteiger partial charge in [-0.1, -0.05) is 30.0 Å². The minimum Gasteiger partial charge on any atom is -0.329 e. The fraction of sp³-hybridized carbons (Fsp3) is 0.364. The van der Waals surface area contributed by atoms with Crippen molar-refractivity contribution in [2.45, 2.75) is 23.6 Å². The maximum absolute atomic E-state index is 12.8. The number of aromatic nitrogens is 4. The van der Waals surface area contributed by atoms with Crippen LogP contribution in [0.4, 0.5) is 13.2 Å². The second kappa shape index (κ2) is 6.23. The van der Waals surface area contributed by atoms with Crippen LogP contribution in [0.5, 0.6) is 0 Å². The van der Waals surface area contributed by atoms with Crippen LogP contribution >= 0.6 is 11.8 Å². The molecular weight excluding hydrogens is 291 g/mol. The van der Waals surface area contributed by atoms with Crippen molar-refractivity contribution >= 4 is 11.8 Å². The van der Waals surface area contributed by atoms with Gasteiger partial charge in [-0.25, -0.2) is 4.68 Å². The highest BCUT2D eigenvalue weighted by molar-refractivity contribution is 7.98. The van der Waals surface area contributed by atoms with Crippen molar-refractivity contribution in [3.8, 4) is 0 Å². The highest BCUT2D eigenvalue weighted by Gasteiger charge is 2.32. The minimum absolute atomic E-state index is 0.140. The molecule has 0 aliphatic carbocycles. The third-order valence-corrected chi connectivity index (χ3v) is 3.53. The van der Waals surface area contributed by atoms with Gasteiger partial charge in [0, 0.05) is 12.3 Å². The van der Waals surface area contributed by atoms with Crippen LogP contribution < -0.4 is 5.73 Å². The minimum atomic E-state index is -4.36. The Kier molecular flexibility index (Phi) is 4.61. The molecular formula is C11H12F3N5S. The van der Waals surface area contributed by atoms with E-state index in [0.717, 1.165) is 17.8 Å². The number of benzene rings is 1. The van der Waals surface area contributed by atoms with Gasteiger partial charge >= 0.3 is 6.18 Å². The number of hydrogen-bond acceptors (Lipinski definition) is 5. The Morgan fingerprint density at radius 3 is 2.70 bits per heavy atom. The molecule has 0 atom stereocenters. The van der Waals surface area contributed by atoms with Crippen molar-refractivity contribution in [2.24, 2.45) is 5.73 Å². The van der Waals surface area contributed by atoms with Crippen LogP contribution in [0.15, 0.2) is 29.4 Å². The van der Waals surface area contributed by atoms with Gasteiger partial charge in [0.25, 0.3) is 0 Å². The van der Waals surface area contributed by atoms with Gasteiger partial charge in [0.1, 0.15) is 0 Å². The largest absolute Gasteiger partial charge is 0.416 e. The number of rotatable bonds is 5. The zero-order valence-electron chi connectivity index (χ0n) is 10.3. The molecule has 2 N–H and O–H groups in total. The topological polar surface area (TPSA) is 69.6 Å². The maximum atomic E-state index is 12.8. The highest BCUT2D eigenvalue weighted by atomic mass is 32.2. The molecule has 0 bridgehead atoms. The highest BCUT2D eigenvalue weighted by Crippen LogP contribution is 2.34. The van der Waals surface area contributed by atoms with Gasteiger partial charge in [-0.3, -0.25) is 0 Å². The van der Waals surface area contributed by atoms with Crippen LogP contribution in [0.1, 0.15) is 11.1 Å². The number of halogens is 3. The molecule has 108 valence electrons. The van der Waals surface area contributed by atoms with Crippen LogP contribution in [0.25, 0.3) is 0 Å². The predicted octanol–water partition coefficient (Wildman–Crippen LogP) is 1.94. The van der Waals surface area contributed by atoms with Gasteiger partial charge in [-0.05, 0) is 22.1 Å². The molecule has 0 fully saturated rings. The average molecular weight is 303 g/mol. The first kappa shape index (κ1) is 14.8. The molecule has 2 aromatic rings. The van der Waals surface area contributed by atoms with E-state index < -0.39 is 11.7 Å². The lowest BCUT2D eigenvalue weighted by molar-refractivity contribution is -0.138. The number of thioether (sulfide) groups is 1. The van der Waals surface area contributed by atoms with Crippen LogP contribution in [0.3, 0.4) is 0 Å². The molecule has 5 nitrogen and oxygen atoms in total. The molecule has 20 heavy (non-hydrogen) atoms. The number of nitrogens with zero attached hydrogens (tertiary/aromatic N) is 4. The van der Waals surface area contributed by atoms with E-state index in [9.17, 15) is 13.2 Å². The maximum Gasteiger partial charge on any atom is 0.416 e. The quantitative estimate of drug-likeness (QED) is 0.855. The molecule has 0 radical (unpaired) electrons. The third-order valence-electron chi connectivity index (χ3n) is 2.52. The van der Waals surface area contributed by atoms with E-state index in [4.69, 9.17) is 5.73 Å². The molecule has 0 spiro atoms. The first-order chi connectivity index (χ1) is 9.52. The summed E-state index contributed by atoms with van der Waals surface area (Å²) < 4.78 is 40.0. The summed E-state index contributed by atoms with van der Waals surface area (Å²) in [5.41, 5.74) is 4.97. The number of tetrazole rings is 1. The van der Waals surface area contributed by atoms with Gasteiger partial charge in [-0.15, -0.1) is 5.10 Å². The second-order valence-electron chi connectivity index (χ2n) is 3.92. The van der Waals surface area contributed by atoms with Crippen molar-refractivity contribution in [3.63, 3.8) is 0 Å². The summed E-state index contributed by atoms with van der Waals surface area (Å²) in [7, 11) is 0. The van der Waals surface area contributed by atoms with Gasteiger partial charge in [0.05, 0.1) is 12.1 Å². The summed E-state index contributed by atoms with van der Waals surface area (Å²) in [6, 6.07) is 5.47. The summed E-state index contributed by atoms with van der Waals surface area (Å²) >= 11 is 1.15. The Labute approximate surface area is 117 Å². The molecule has 0 saturated carbocycles. The number of alkyl halides is 3. The van der Waals surface area contributed by atoms with E-state index in [0.29, 0.717) is 18.2 Å². The fourth-order valence-electron chi connectivity index (χ4n) is 1.63. The molecule has 1 aromatic carbocycles. The van der Waals surface area contributed by atoms with E-state index in [-0.39, 0.29) is 11.3 Å². The lowest BCUT2D eigenvalue weighted by atomic mass is 10.1. The van der Waals surface area contributed by atoms with E-state index in [1.54, 1.807) is 6.07 Å². The number of hydrogen-bond donors (Lipinski definition) is 1. The van der Waals surface area contributed by atoms with Crippen molar-refractivity contribution in [1.82, 2.24) is 20.2 Å². The Balaban J connectivity index is 2.13. The smallest absolute Gasteiger partial charge is 0.329 e. The summed E-state index contributed by atoms with van der Waals surface area (Å²) in [5, 5.41) is 11.4. The lowest BCUT2D eigenvalue weighted by Gasteiger charge is -2.11. The summed E-state index contributed by atoms with van der Waals surface area (Å²) in [4.78, 5) is 0. The molecule has 0 saturated heterocycles. The Bertz CT molecular complexity index is 569. The van der Waals surface area contributed by atoms with Crippen molar-refractivity contribution in [2.75, 3.05) is 6.54 Å². The van der Waals surface area contributed by atoms with Crippen LogP contribution in [-0.2, 0) is 18.5 Å². The van der Waals surface area contributed by atoms with Gasteiger partial charge in [0.2, 0.25) is 5.16 Å². The monoisotopic (exact) mass is 303 g/mol. The van der Waals surface area contributed by atoms with Crippen molar-refractivity contribution in [3.05, 3.63) is 35.4 Å². The Morgan fingerprint density at radius 2 is 2.00 bits per heavy atom. The van der Waals surface area contributed by atoms with E-state index in [1.807, 2.05) is 0 Å². The van der Waals surface area contributed by atoms with Crippen LogP contribution in [-0.4, -0.2) is 26.8 Å². The van der Waals surface area contributed by atoms with Gasteiger partial charge in [0.15, 0.2) is 0 Å². The first-order valence-corrected chi connectivity index (χ1v) is 6.75. The molecule has 1 heterocycles. The fourth-order valence-corrected chi connectivity index (χ4v) is 2.53. The Hall–Kier alpha value is -1.61. The van der Waals surface area contributed by atoms with Gasteiger partial charge < -0.3 is 5.73 Å². The normalized spacial score (nSPS) is 11.8. The number of nitrogens with two attached hydrogens (primary N) is 1. The molecule has 2 rings (SSSR count). The van der Waals surface area contributed by atoms with E-state index in [1.165, 1.54) is 16.8 Å². The summed E-state index contributed by atoms with van der Waals surface area (Å²) in [6.07, 6.45) is -4.36. The van der Waals surface area contributed by atoms with Crippen LogP contribution in [0, 0.1) is 0 Å². The molecule has 9 heteroatoms. The van der Waals surface area contributed by atoms with E-state index in [2.05, 4.69) is 15.5 Å². The van der Waals surface area contributed by atoms with Crippen LogP contribution in [0.2, 0.25) is 0 Å². The Morgan fingerprint density at radius 1 is 1.25 bits per heavy atom. The van der Waals surface area contributed by atoms with E-state index >= 15 is 0 Å². The molecule has 0 aliphatic rings. The first-order valence-electron chi connectivity index (χ1n) is 5.76. The summed E-state index contributed by atoms with van der Waals surface area (Å²) in [5.74, 6) is 0.140. The summed E-state index contributed by atoms with van der Waals surface area (Å²) in [6.45, 7) is 0.786.